The molecule has 4 rings (SSSR count). The van der Waals surface area contributed by atoms with Crippen LogP contribution in [0.5, 0.6) is 5.75 Å². The number of carbonyl (C=O) groups is 2. The molecule has 7 heteroatoms. The van der Waals surface area contributed by atoms with Crippen LogP contribution in [0.4, 0.5) is 5.69 Å². The third-order valence-corrected chi connectivity index (χ3v) is 7.42. The fourth-order valence-electron chi connectivity index (χ4n) is 3.91. The lowest BCUT2D eigenvalue weighted by Gasteiger charge is -2.30. The first-order valence-electron chi connectivity index (χ1n) is 11.4. The molecule has 1 N–H and O–H groups in total. The minimum Gasteiger partial charge on any atom is -0.496 e. The molecule has 35 heavy (non-hydrogen) atoms. The molecule has 1 aliphatic rings. The molecule has 3 aromatic carbocycles. The molecule has 0 saturated carbocycles. The quantitative estimate of drug-likeness (QED) is 0.345. The Kier molecular flexibility index (Phi) is 8.31. The molecule has 180 valence electrons. The Morgan fingerprint density at radius 2 is 1.86 bits per heavy atom. The molecular weight excluding hydrogens is 524 g/mol. The Balaban J connectivity index is 1.48. The molecule has 1 heterocycles. The highest BCUT2D eigenvalue weighted by atomic mass is 79.9. The summed E-state index contributed by atoms with van der Waals surface area (Å²) < 4.78 is 6.11. The molecule has 0 fully saturated rings. The van der Waals surface area contributed by atoms with Gasteiger partial charge in [-0.05, 0) is 77.2 Å². The summed E-state index contributed by atoms with van der Waals surface area (Å²) in [5.41, 5.74) is 2.86. The zero-order valence-corrected chi connectivity index (χ0v) is 22.1. The van der Waals surface area contributed by atoms with Gasteiger partial charge in [0.15, 0.2) is 0 Å². The number of carbonyl (C=O) groups excluding carboxylic acids is 2. The van der Waals surface area contributed by atoms with Gasteiger partial charge in [-0.25, -0.2) is 0 Å². The second kappa shape index (κ2) is 11.6. The number of benzene rings is 3. The van der Waals surface area contributed by atoms with Crippen molar-refractivity contribution < 1.29 is 14.3 Å². The van der Waals surface area contributed by atoms with Crippen LogP contribution in [0.15, 0.2) is 87.1 Å². The van der Waals surface area contributed by atoms with E-state index < -0.39 is 0 Å². The van der Waals surface area contributed by atoms with E-state index in [9.17, 15) is 9.59 Å². The molecule has 5 nitrogen and oxygen atoms in total. The van der Waals surface area contributed by atoms with E-state index in [0.717, 1.165) is 39.2 Å². The van der Waals surface area contributed by atoms with Gasteiger partial charge in [-0.1, -0.05) is 60.3 Å². The van der Waals surface area contributed by atoms with E-state index in [1.807, 2.05) is 73.7 Å². The molecule has 1 unspecified atom stereocenters. The van der Waals surface area contributed by atoms with Crippen molar-refractivity contribution in [2.75, 3.05) is 18.6 Å². The van der Waals surface area contributed by atoms with Gasteiger partial charge in [-0.3, -0.25) is 14.5 Å². The smallest absolute Gasteiger partial charge is 0.265 e. The number of fused-ring (bicyclic) bond motifs is 1. The van der Waals surface area contributed by atoms with Crippen molar-refractivity contribution in [3.63, 3.8) is 0 Å². The summed E-state index contributed by atoms with van der Waals surface area (Å²) in [6.07, 6.45) is 3.56. The van der Waals surface area contributed by atoms with E-state index >= 15 is 0 Å². The molecule has 0 spiro atoms. The lowest BCUT2D eigenvalue weighted by Crippen LogP contribution is -2.45. The third kappa shape index (κ3) is 6.35. The minimum atomic E-state index is -0.187. The van der Waals surface area contributed by atoms with Crippen LogP contribution in [0.2, 0.25) is 0 Å². The van der Waals surface area contributed by atoms with Gasteiger partial charge < -0.3 is 10.1 Å². The van der Waals surface area contributed by atoms with E-state index in [0.29, 0.717) is 4.91 Å². The van der Waals surface area contributed by atoms with Gasteiger partial charge in [-0.15, -0.1) is 0 Å². The van der Waals surface area contributed by atoms with Gasteiger partial charge in [0.1, 0.15) is 12.3 Å². The second-order valence-corrected chi connectivity index (χ2v) is 10.3. The number of thioether (sulfide) groups is 1. The zero-order valence-electron chi connectivity index (χ0n) is 19.7. The molecule has 1 aliphatic heterocycles. The predicted molar refractivity (Wildman–Crippen MR) is 146 cm³/mol. The van der Waals surface area contributed by atoms with Crippen molar-refractivity contribution in [1.82, 2.24) is 5.32 Å². The van der Waals surface area contributed by atoms with Crippen LogP contribution in [0.1, 0.15) is 24.5 Å². The Hall–Kier alpha value is -3.03. The summed E-state index contributed by atoms with van der Waals surface area (Å²) in [5.74, 6) is 0.361. The van der Waals surface area contributed by atoms with Crippen molar-refractivity contribution >= 4 is 51.3 Å². The predicted octanol–water partition coefficient (Wildman–Crippen LogP) is 6.08. The van der Waals surface area contributed by atoms with E-state index in [1.54, 1.807) is 12.0 Å². The van der Waals surface area contributed by atoms with Gasteiger partial charge in [0, 0.05) is 10.9 Å². The molecule has 0 saturated heterocycles. The average Bonchev–Trinajstić information content (AvgIpc) is 2.86. The van der Waals surface area contributed by atoms with Gasteiger partial charge in [0.05, 0.1) is 22.2 Å². The summed E-state index contributed by atoms with van der Waals surface area (Å²) in [6.45, 7) is 1.96. The topological polar surface area (TPSA) is 58.6 Å². The van der Waals surface area contributed by atoms with Crippen LogP contribution < -0.4 is 15.0 Å². The first kappa shape index (κ1) is 25.1. The van der Waals surface area contributed by atoms with Crippen LogP contribution in [0.3, 0.4) is 0 Å². The standard InChI is InChI=1S/C28H27BrN2O3S/c1-19(12-13-20-8-4-3-5-9-20)30-27(32)18-31-23-10-6-7-11-25(23)35-26(28(31)33)17-21-14-15-24(34-2)22(29)16-21/h3-11,14-17,19H,12-13,18H2,1-2H3,(H,30,32). The molecule has 0 aliphatic carbocycles. The average molecular weight is 552 g/mol. The Morgan fingerprint density at radius 3 is 2.60 bits per heavy atom. The van der Waals surface area contributed by atoms with Crippen LogP contribution in [-0.2, 0) is 16.0 Å². The molecule has 0 aromatic heterocycles. The van der Waals surface area contributed by atoms with Crippen molar-refractivity contribution in [1.29, 1.82) is 0 Å². The van der Waals surface area contributed by atoms with Gasteiger partial charge in [0.25, 0.3) is 5.91 Å². The summed E-state index contributed by atoms with van der Waals surface area (Å²) in [4.78, 5) is 29.4. The van der Waals surface area contributed by atoms with Crippen LogP contribution in [0.25, 0.3) is 6.08 Å². The van der Waals surface area contributed by atoms with E-state index in [-0.39, 0.29) is 24.4 Å². The summed E-state index contributed by atoms with van der Waals surface area (Å²) in [7, 11) is 1.61. The SMILES string of the molecule is COc1ccc(C=C2Sc3ccccc3N(CC(=O)NC(C)CCc3ccccc3)C2=O)cc1Br. The van der Waals surface area contributed by atoms with Gasteiger partial charge >= 0.3 is 0 Å². The molecule has 3 aromatic rings. The fourth-order valence-corrected chi connectivity index (χ4v) is 5.52. The minimum absolute atomic E-state index is 0.00104. The largest absolute Gasteiger partial charge is 0.496 e. The highest BCUT2D eigenvalue weighted by Crippen LogP contribution is 2.42. The number of rotatable bonds is 8. The first-order chi connectivity index (χ1) is 16.9. The highest BCUT2D eigenvalue weighted by Gasteiger charge is 2.30. The lowest BCUT2D eigenvalue weighted by molar-refractivity contribution is -0.122. The number of para-hydroxylation sites is 1. The number of halogens is 1. The second-order valence-electron chi connectivity index (χ2n) is 8.36. The summed E-state index contributed by atoms with van der Waals surface area (Å²) in [5, 5.41) is 3.05. The van der Waals surface area contributed by atoms with Crippen molar-refractivity contribution in [2.45, 2.75) is 30.7 Å². The van der Waals surface area contributed by atoms with Crippen molar-refractivity contribution in [2.24, 2.45) is 0 Å². The number of aryl methyl sites for hydroxylation is 1. The lowest BCUT2D eigenvalue weighted by atomic mass is 10.1. The Labute approximate surface area is 218 Å². The highest BCUT2D eigenvalue weighted by molar-refractivity contribution is 9.10. The fraction of sp³-hybridized carbons (Fsp3) is 0.214. The van der Waals surface area contributed by atoms with Crippen LogP contribution >= 0.6 is 27.7 Å². The maximum Gasteiger partial charge on any atom is 0.265 e. The number of hydrogen-bond donors (Lipinski definition) is 1. The number of nitrogens with zero attached hydrogens (tertiary/aromatic N) is 1. The Morgan fingerprint density at radius 1 is 1.11 bits per heavy atom. The molecule has 2 amide bonds. The normalized spacial score (nSPS) is 15.0. The number of anilines is 1. The number of methoxy groups -OCH3 is 1. The van der Waals surface area contributed by atoms with Crippen LogP contribution in [0, 0.1) is 0 Å². The monoisotopic (exact) mass is 550 g/mol. The Bertz CT molecular complexity index is 1250. The summed E-state index contributed by atoms with van der Waals surface area (Å²) >= 11 is 4.92. The van der Waals surface area contributed by atoms with E-state index in [4.69, 9.17) is 4.74 Å². The number of amides is 2. The maximum absolute atomic E-state index is 13.5. The van der Waals surface area contributed by atoms with E-state index in [2.05, 4.69) is 33.4 Å². The van der Waals surface area contributed by atoms with E-state index in [1.165, 1.54) is 17.3 Å². The van der Waals surface area contributed by atoms with Gasteiger partial charge in [-0.2, -0.15) is 0 Å². The van der Waals surface area contributed by atoms with Crippen molar-refractivity contribution in [3.8, 4) is 5.75 Å². The number of hydrogen-bond acceptors (Lipinski definition) is 4. The zero-order chi connectivity index (χ0) is 24.8. The van der Waals surface area contributed by atoms with Gasteiger partial charge in [0.2, 0.25) is 5.91 Å². The number of nitrogens with one attached hydrogen (secondary N) is 1. The number of ether oxygens (including phenoxy) is 1. The molecule has 0 radical (unpaired) electrons. The third-order valence-electron chi connectivity index (χ3n) is 5.72. The first-order valence-corrected chi connectivity index (χ1v) is 13.0. The molecule has 0 bridgehead atoms. The van der Waals surface area contributed by atoms with Crippen LogP contribution in [-0.4, -0.2) is 31.5 Å². The summed E-state index contributed by atoms with van der Waals surface area (Å²) in [6, 6.07) is 23.5. The van der Waals surface area contributed by atoms with Crippen molar-refractivity contribution in [3.05, 3.63) is 93.3 Å². The maximum atomic E-state index is 13.5. The molecular formula is C28H27BrN2O3S. The molecule has 1 atom stereocenters.